The Morgan fingerprint density at radius 1 is 1.25 bits per heavy atom. The predicted molar refractivity (Wildman–Crippen MR) is 80.4 cm³/mol. The maximum Gasteiger partial charge on any atom is 0.0955 e. The summed E-state index contributed by atoms with van der Waals surface area (Å²) in [7, 11) is 3.97. The Labute approximate surface area is 118 Å². The van der Waals surface area contributed by atoms with Crippen molar-refractivity contribution in [3.63, 3.8) is 0 Å². The minimum absolute atomic E-state index is 0.606. The van der Waals surface area contributed by atoms with Gasteiger partial charge in [0.2, 0.25) is 0 Å². The molecule has 2 N–H and O–H groups in total. The number of hydrogen-bond donors (Lipinski definition) is 1. The molecule has 0 saturated heterocycles. The van der Waals surface area contributed by atoms with Crippen LogP contribution in [0.15, 0.2) is 24.5 Å². The van der Waals surface area contributed by atoms with E-state index < -0.39 is 0 Å². The number of aromatic nitrogens is 4. The van der Waals surface area contributed by atoms with Crippen LogP contribution in [0.1, 0.15) is 11.4 Å². The van der Waals surface area contributed by atoms with Crippen LogP contribution in [0.2, 0.25) is 0 Å². The summed E-state index contributed by atoms with van der Waals surface area (Å²) in [6, 6.07) is 6.36. The van der Waals surface area contributed by atoms with Gasteiger partial charge >= 0.3 is 0 Å². The first-order valence-corrected chi connectivity index (χ1v) is 6.76. The van der Waals surface area contributed by atoms with Gasteiger partial charge in [0, 0.05) is 31.8 Å². The summed E-state index contributed by atoms with van der Waals surface area (Å²) < 4.78 is 3.94. The van der Waals surface area contributed by atoms with E-state index in [-0.39, 0.29) is 0 Å². The highest BCUT2D eigenvalue weighted by molar-refractivity contribution is 5.83. The second kappa shape index (κ2) is 4.76. The van der Waals surface area contributed by atoms with E-state index in [1.54, 1.807) is 0 Å². The summed E-state index contributed by atoms with van der Waals surface area (Å²) in [6.07, 6.45) is 2.63. The van der Waals surface area contributed by atoms with Crippen LogP contribution < -0.4 is 5.73 Å². The molecule has 0 saturated carbocycles. The van der Waals surface area contributed by atoms with E-state index in [1.807, 2.05) is 29.7 Å². The molecule has 0 aliphatic rings. The van der Waals surface area contributed by atoms with Gasteiger partial charge in [0.15, 0.2) is 0 Å². The number of nitrogens with two attached hydrogens (primary N) is 1. The van der Waals surface area contributed by atoms with Crippen molar-refractivity contribution in [2.75, 3.05) is 6.54 Å². The summed E-state index contributed by atoms with van der Waals surface area (Å²) in [5.74, 6) is 0. The van der Waals surface area contributed by atoms with Crippen molar-refractivity contribution in [2.24, 2.45) is 19.8 Å². The molecule has 0 aliphatic heterocycles. The number of imidazole rings is 1. The highest BCUT2D eigenvalue weighted by Gasteiger charge is 2.15. The first-order valence-electron chi connectivity index (χ1n) is 6.76. The monoisotopic (exact) mass is 269 g/mol. The number of aryl methyl sites for hydroxylation is 2. The summed E-state index contributed by atoms with van der Waals surface area (Å²) in [5.41, 5.74) is 12.4. The lowest BCUT2D eigenvalue weighted by Gasteiger charge is -2.04. The zero-order valence-electron chi connectivity index (χ0n) is 12.1. The van der Waals surface area contributed by atoms with Gasteiger partial charge in [-0.3, -0.25) is 4.68 Å². The van der Waals surface area contributed by atoms with Crippen LogP contribution in [0.5, 0.6) is 0 Å². The quantitative estimate of drug-likeness (QED) is 0.788. The molecule has 3 aromatic rings. The van der Waals surface area contributed by atoms with Gasteiger partial charge in [0.25, 0.3) is 0 Å². The zero-order chi connectivity index (χ0) is 14.3. The molecule has 0 amide bonds. The molecule has 0 atom stereocenters. The fourth-order valence-electron chi connectivity index (χ4n) is 2.66. The largest absolute Gasteiger partial charge is 0.334 e. The smallest absolute Gasteiger partial charge is 0.0955 e. The predicted octanol–water partition coefficient (Wildman–Crippen LogP) is 1.78. The van der Waals surface area contributed by atoms with Gasteiger partial charge in [-0.2, -0.15) is 5.10 Å². The fraction of sp³-hybridized carbons (Fsp3) is 0.333. The molecular formula is C15H19N5. The Bertz CT molecular complexity index is 766. The van der Waals surface area contributed by atoms with E-state index in [9.17, 15) is 0 Å². The average molecular weight is 269 g/mol. The van der Waals surface area contributed by atoms with E-state index in [4.69, 9.17) is 5.73 Å². The van der Waals surface area contributed by atoms with Crippen LogP contribution >= 0.6 is 0 Å². The van der Waals surface area contributed by atoms with Crippen LogP contribution in [0, 0.1) is 6.92 Å². The number of rotatable bonds is 3. The van der Waals surface area contributed by atoms with Gasteiger partial charge in [-0.25, -0.2) is 4.98 Å². The molecule has 0 spiro atoms. The molecule has 1 aromatic carbocycles. The van der Waals surface area contributed by atoms with E-state index in [1.165, 1.54) is 5.56 Å². The van der Waals surface area contributed by atoms with Crippen LogP contribution in [0.3, 0.4) is 0 Å². The molecule has 0 radical (unpaired) electrons. The second-order valence-electron chi connectivity index (χ2n) is 5.13. The van der Waals surface area contributed by atoms with Crippen molar-refractivity contribution in [3.8, 4) is 11.1 Å². The van der Waals surface area contributed by atoms with Gasteiger partial charge < -0.3 is 10.3 Å². The minimum atomic E-state index is 0.606. The molecule has 2 heterocycles. The van der Waals surface area contributed by atoms with Gasteiger partial charge in [0.1, 0.15) is 0 Å². The molecule has 0 fully saturated rings. The van der Waals surface area contributed by atoms with Crippen LogP contribution in [0.4, 0.5) is 0 Å². The van der Waals surface area contributed by atoms with Crippen molar-refractivity contribution in [2.45, 2.75) is 13.3 Å². The third-order valence-electron chi connectivity index (χ3n) is 3.80. The average Bonchev–Trinajstić information content (AvgIpc) is 2.92. The van der Waals surface area contributed by atoms with Crippen molar-refractivity contribution < 1.29 is 0 Å². The summed E-state index contributed by atoms with van der Waals surface area (Å²) in [4.78, 5) is 4.43. The van der Waals surface area contributed by atoms with Crippen LogP contribution in [-0.4, -0.2) is 25.9 Å². The highest BCUT2D eigenvalue weighted by Crippen LogP contribution is 2.29. The van der Waals surface area contributed by atoms with E-state index >= 15 is 0 Å². The van der Waals surface area contributed by atoms with Crippen molar-refractivity contribution in [1.82, 2.24) is 19.3 Å². The van der Waals surface area contributed by atoms with E-state index in [0.29, 0.717) is 6.54 Å². The molecule has 5 heteroatoms. The fourth-order valence-corrected chi connectivity index (χ4v) is 2.66. The number of fused-ring (bicyclic) bond motifs is 1. The first kappa shape index (κ1) is 12.9. The molecule has 0 unspecified atom stereocenters. The molecule has 20 heavy (non-hydrogen) atoms. The normalized spacial score (nSPS) is 11.4. The lowest BCUT2D eigenvalue weighted by Crippen LogP contribution is -2.04. The SMILES string of the molecule is Cc1c(-c2ccc3c(c2)ncn3C)c(CCN)nn1C. The van der Waals surface area contributed by atoms with Gasteiger partial charge in [-0.1, -0.05) is 6.07 Å². The Morgan fingerprint density at radius 3 is 2.80 bits per heavy atom. The lowest BCUT2D eigenvalue weighted by molar-refractivity contribution is 0.718. The summed E-state index contributed by atoms with van der Waals surface area (Å²) in [6.45, 7) is 2.69. The Kier molecular flexibility index (Phi) is 3.06. The number of benzene rings is 1. The maximum absolute atomic E-state index is 5.70. The minimum Gasteiger partial charge on any atom is -0.334 e. The van der Waals surface area contributed by atoms with Gasteiger partial charge in [-0.15, -0.1) is 0 Å². The summed E-state index contributed by atoms with van der Waals surface area (Å²) in [5, 5.41) is 4.57. The van der Waals surface area contributed by atoms with E-state index in [0.717, 1.165) is 34.4 Å². The number of nitrogens with zero attached hydrogens (tertiary/aromatic N) is 4. The maximum atomic E-state index is 5.70. The van der Waals surface area contributed by atoms with Gasteiger partial charge in [-0.05, 0) is 31.2 Å². The van der Waals surface area contributed by atoms with E-state index in [2.05, 4.69) is 35.2 Å². The Balaban J connectivity index is 2.19. The van der Waals surface area contributed by atoms with Crippen molar-refractivity contribution in [3.05, 3.63) is 35.9 Å². The third-order valence-corrected chi connectivity index (χ3v) is 3.80. The molecule has 3 rings (SSSR count). The Hall–Kier alpha value is -2.14. The zero-order valence-corrected chi connectivity index (χ0v) is 12.1. The standard InChI is InChI=1S/C15H19N5/c1-10-15(12(6-7-16)18-20(10)3)11-4-5-14-13(8-11)17-9-19(14)2/h4-5,8-9H,6-7,16H2,1-3H3. The van der Waals surface area contributed by atoms with Crippen LogP contribution in [0.25, 0.3) is 22.2 Å². The number of hydrogen-bond acceptors (Lipinski definition) is 3. The molecule has 0 aliphatic carbocycles. The van der Waals surface area contributed by atoms with Crippen LogP contribution in [-0.2, 0) is 20.5 Å². The topological polar surface area (TPSA) is 61.7 Å². The Morgan fingerprint density at radius 2 is 2.05 bits per heavy atom. The van der Waals surface area contributed by atoms with Crippen molar-refractivity contribution in [1.29, 1.82) is 0 Å². The van der Waals surface area contributed by atoms with Crippen molar-refractivity contribution >= 4 is 11.0 Å². The lowest BCUT2D eigenvalue weighted by atomic mass is 10.0. The first-order chi connectivity index (χ1) is 9.61. The molecule has 5 nitrogen and oxygen atoms in total. The second-order valence-corrected chi connectivity index (χ2v) is 5.13. The molecule has 104 valence electrons. The molecular weight excluding hydrogens is 250 g/mol. The van der Waals surface area contributed by atoms with Gasteiger partial charge in [0.05, 0.1) is 23.1 Å². The highest BCUT2D eigenvalue weighted by atomic mass is 15.3. The molecule has 2 aromatic heterocycles. The molecule has 0 bridgehead atoms. The summed E-state index contributed by atoms with van der Waals surface area (Å²) >= 11 is 0. The third kappa shape index (κ3) is 1.91.